The van der Waals surface area contributed by atoms with Gasteiger partial charge < -0.3 is 15.3 Å². The highest BCUT2D eigenvalue weighted by atomic mass is 127. The van der Waals surface area contributed by atoms with Crippen molar-refractivity contribution in [2.75, 3.05) is 26.2 Å². The molecule has 0 radical (unpaired) electrons. The van der Waals surface area contributed by atoms with Gasteiger partial charge in [0.15, 0.2) is 5.96 Å². The summed E-state index contributed by atoms with van der Waals surface area (Å²) in [6.07, 6.45) is 0.614. The van der Waals surface area contributed by atoms with Crippen LogP contribution in [0.25, 0.3) is 0 Å². The third-order valence-corrected chi connectivity index (χ3v) is 4.85. The Morgan fingerprint density at radius 2 is 2.33 bits per heavy atom. The fourth-order valence-electron chi connectivity index (χ4n) is 2.37. The summed E-state index contributed by atoms with van der Waals surface area (Å²) in [7, 11) is 0. The molecule has 1 atom stereocenters. The lowest BCUT2D eigenvalue weighted by molar-refractivity contribution is 0.187. The molecule has 0 bridgehead atoms. The number of guanidine groups is 1. The second-order valence-electron chi connectivity index (χ2n) is 5.92. The summed E-state index contributed by atoms with van der Waals surface area (Å²) in [6, 6.07) is 4.26. The van der Waals surface area contributed by atoms with Gasteiger partial charge in [-0.25, -0.2) is 0 Å². The molecule has 0 spiro atoms. The molecule has 1 saturated heterocycles. The number of aliphatic hydroxyl groups is 1. The summed E-state index contributed by atoms with van der Waals surface area (Å²) in [5.74, 6) is 0.925. The minimum Gasteiger partial charge on any atom is -0.391 e. The Morgan fingerprint density at radius 1 is 1.57 bits per heavy atom. The van der Waals surface area contributed by atoms with E-state index in [1.807, 2.05) is 0 Å². The molecule has 2 rings (SSSR count). The maximum atomic E-state index is 9.67. The molecule has 0 saturated carbocycles. The van der Waals surface area contributed by atoms with Crippen molar-refractivity contribution in [2.45, 2.75) is 38.7 Å². The number of nitrogens with zero attached hydrogens (tertiary/aromatic N) is 2. The molecule has 2 heterocycles. The molecular formula is C15H26IN3OS. The van der Waals surface area contributed by atoms with Crippen LogP contribution >= 0.6 is 35.3 Å². The average molecular weight is 423 g/mol. The Kier molecular flexibility index (Phi) is 7.42. The van der Waals surface area contributed by atoms with E-state index < -0.39 is 0 Å². The minimum absolute atomic E-state index is 0. The van der Waals surface area contributed by atoms with Crippen LogP contribution in [-0.2, 0) is 5.41 Å². The van der Waals surface area contributed by atoms with Crippen LogP contribution in [0.1, 0.15) is 32.1 Å². The molecule has 1 aliphatic heterocycles. The van der Waals surface area contributed by atoms with Crippen molar-refractivity contribution in [3.05, 3.63) is 22.4 Å². The zero-order chi connectivity index (χ0) is 14.6. The number of thiophene rings is 1. The van der Waals surface area contributed by atoms with E-state index in [1.165, 1.54) is 4.88 Å². The number of halogens is 1. The second-order valence-corrected chi connectivity index (χ2v) is 6.87. The number of β-amino-alcohol motifs (C(OH)–C–C–N with tert-alkyl or cyclic N) is 1. The van der Waals surface area contributed by atoms with Gasteiger partial charge in [-0.3, -0.25) is 4.99 Å². The number of nitrogens with one attached hydrogen (secondary N) is 1. The maximum Gasteiger partial charge on any atom is 0.194 e. The van der Waals surface area contributed by atoms with Crippen molar-refractivity contribution >= 4 is 41.3 Å². The molecule has 2 N–H and O–H groups in total. The van der Waals surface area contributed by atoms with Gasteiger partial charge in [0.2, 0.25) is 0 Å². The van der Waals surface area contributed by atoms with E-state index in [-0.39, 0.29) is 35.5 Å². The number of hydrogen-bond acceptors (Lipinski definition) is 3. The predicted octanol–water partition coefficient (Wildman–Crippen LogP) is 2.68. The minimum atomic E-state index is -0.218. The highest BCUT2D eigenvalue weighted by Gasteiger charge is 2.25. The zero-order valence-corrected chi connectivity index (χ0v) is 16.1. The quantitative estimate of drug-likeness (QED) is 0.445. The highest BCUT2D eigenvalue weighted by molar-refractivity contribution is 14.0. The lowest BCUT2D eigenvalue weighted by atomic mass is 9.92. The predicted molar refractivity (Wildman–Crippen MR) is 101 cm³/mol. The van der Waals surface area contributed by atoms with Crippen LogP contribution < -0.4 is 5.32 Å². The van der Waals surface area contributed by atoms with Crippen LogP contribution in [0.5, 0.6) is 0 Å². The fraction of sp³-hybridized carbons (Fsp3) is 0.667. The summed E-state index contributed by atoms with van der Waals surface area (Å²) in [5, 5.41) is 15.1. The van der Waals surface area contributed by atoms with Crippen molar-refractivity contribution < 1.29 is 5.11 Å². The molecule has 120 valence electrons. The Balaban J connectivity index is 0.00000220. The van der Waals surface area contributed by atoms with E-state index in [9.17, 15) is 5.11 Å². The van der Waals surface area contributed by atoms with Crippen molar-refractivity contribution in [1.82, 2.24) is 10.2 Å². The van der Waals surface area contributed by atoms with E-state index in [4.69, 9.17) is 4.99 Å². The topological polar surface area (TPSA) is 47.9 Å². The molecule has 0 unspecified atom stereocenters. The normalized spacial score (nSPS) is 19.5. The van der Waals surface area contributed by atoms with Crippen LogP contribution in [0, 0.1) is 0 Å². The van der Waals surface area contributed by atoms with Crippen LogP contribution in [0.4, 0.5) is 0 Å². The summed E-state index contributed by atoms with van der Waals surface area (Å²) in [4.78, 5) is 8.30. The molecule has 1 aromatic rings. The molecule has 0 aliphatic carbocycles. The SMILES string of the molecule is CCNC(=NCC(C)(C)c1cccs1)N1CC[C@@H](O)C1.I. The first-order valence-electron chi connectivity index (χ1n) is 7.28. The first-order valence-corrected chi connectivity index (χ1v) is 8.16. The summed E-state index contributed by atoms with van der Waals surface area (Å²) in [6.45, 7) is 9.70. The Labute approximate surface area is 148 Å². The van der Waals surface area contributed by atoms with Gasteiger partial charge in [-0.15, -0.1) is 35.3 Å². The summed E-state index contributed by atoms with van der Waals surface area (Å²) in [5.41, 5.74) is 0.0488. The molecular weight excluding hydrogens is 397 g/mol. The molecule has 0 amide bonds. The largest absolute Gasteiger partial charge is 0.391 e. The first-order chi connectivity index (χ1) is 9.53. The summed E-state index contributed by atoms with van der Waals surface area (Å²) >= 11 is 1.78. The van der Waals surface area contributed by atoms with Gasteiger partial charge in [0.25, 0.3) is 0 Å². The lowest BCUT2D eigenvalue weighted by Gasteiger charge is -2.25. The molecule has 0 aromatic carbocycles. The van der Waals surface area contributed by atoms with Gasteiger partial charge in [-0.2, -0.15) is 0 Å². The van der Waals surface area contributed by atoms with Crippen LogP contribution in [0.15, 0.2) is 22.5 Å². The van der Waals surface area contributed by atoms with Crippen LogP contribution in [0.3, 0.4) is 0 Å². The van der Waals surface area contributed by atoms with Gasteiger partial charge in [0, 0.05) is 29.9 Å². The fourth-order valence-corrected chi connectivity index (χ4v) is 3.22. The molecule has 4 nitrogen and oxygen atoms in total. The van der Waals surface area contributed by atoms with Crippen LogP contribution in [-0.4, -0.2) is 48.2 Å². The van der Waals surface area contributed by atoms with Gasteiger partial charge in [0.05, 0.1) is 12.6 Å². The van der Waals surface area contributed by atoms with Gasteiger partial charge >= 0.3 is 0 Å². The van der Waals surface area contributed by atoms with Crippen molar-refractivity contribution in [3.8, 4) is 0 Å². The van der Waals surface area contributed by atoms with Gasteiger partial charge in [0.1, 0.15) is 0 Å². The monoisotopic (exact) mass is 423 g/mol. The van der Waals surface area contributed by atoms with E-state index in [1.54, 1.807) is 11.3 Å². The third kappa shape index (κ3) is 5.10. The molecule has 1 aromatic heterocycles. The van der Waals surface area contributed by atoms with Gasteiger partial charge in [-0.1, -0.05) is 19.9 Å². The van der Waals surface area contributed by atoms with E-state index in [0.717, 1.165) is 32.0 Å². The molecule has 21 heavy (non-hydrogen) atoms. The molecule has 6 heteroatoms. The Morgan fingerprint density at radius 3 is 2.86 bits per heavy atom. The van der Waals surface area contributed by atoms with E-state index >= 15 is 0 Å². The lowest BCUT2D eigenvalue weighted by Crippen LogP contribution is -2.41. The Bertz CT molecular complexity index is 448. The number of aliphatic hydroxyl groups excluding tert-OH is 1. The van der Waals surface area contributed by atoms with Crippen molar-refractivity contribution in [1.29, 1.82) is 0 Å². The third-order valence-electron chi connectivity index (χ3n) is 3.61. The smallest absolute Gasteiger partial charge is 0.194 e. The van der Waals surface area contributed by atoms with Crippen molar-refractivity contribution in [3.63, 3.8) is 0 Å². The number of likely N-dealkylation sites (tertiary alicyclic amines) is 1. The highest BCUT2D eigenvalue weighted by Crippen LogP contribution is 2.27. The standard InChI is InChI=1S/C15H25N3OS.HI/c1-4-16-14(18-8-7-12(19)10-18)17-11-15(2,3)13-6-5-9-20-13;/h5-6,9,12,19H,4,7-8,10-11H2,1-3H3,(H,16,17);1H/t12-;/m1./s1. The molecule has 1 aliphatic rings. The second kappa shape index (κ2) is 8.33. The number of rotatable bonds is 4. The van der Waals surface area contributed by atoms with E-state index in [2.05, 4.69) is 48.5 Å². The summed E-state index contributed by atoms with van der Waals surface area (Å²) < 4.78 is 0. The van der Waals surface area contributed by atoms with Gasteiger partial charge in [-0.05, 0) is 24.8 Å². The maximum absolute atomic E-state index is 9.67. The number of hydrogen-bond donors (Lipinski definition) is 2. The Hall–Kier alpha value is -0.340. The first kappa shape index (κ1) is 18.7. The average Bonchev–Trinajstić information content (AvgIpc) is 3.05. The van der Waals surface area contributed by atoms with E-state index in [0.29, 0.717) is 6.54 Å². The number of aliphatic imine (C=N–C) groups is 1. The van der Waals surface area contributed by atoms with Crippen LogP contribution in [0.2, 0.25) is 0 Å². The van der Waals surface area contributed by atoms with Crippen molar-refractivity contribution in [2.24, 2.45) is 4.99 Å². The zero-order valence-electron chi connectivity index (χ0n) is 13.0. The molecule has 1 fully saturated rings.